The second-order valence-corrected chi connectivity index (χ2v) is 6.13. The lowest BCUT2D eigenvalue weighted by Crippen LogP contribution is -2.32. The summed E-state index contributed by atoms with van der Waals surface area (Å²) in [4.78, 5) is 16.2. The van der Waals surface area contributed by atoms with Gasteiger partial charge in [-0.2, -0.15) is 0 Å². The van der Waals surface area contributed by atoms with Crippen LogP contribution in [-0.2, 0) is 16.6 Å². The molecule has 0 saturated heterocycles. The molecule has 0 radical (unpaired) electrons. The third kappa shape index (κ3) is 5.14. The number of likely N-dealkylation sites (N-methyl/N-ethyl adjacent to an activating group) is 1. The monoisotopic (exact) mass is 269 g/mol. The smallest absolute Gasteiger partial charge is 0.226 e. The highest BCUT2D eigenvalue weighted by molar-refractivity contribution is 7.09. The van der Waals surface area contributed by atoms with E-state index in [4.69, 9.17) is 0 Å². The average molecular weight is 269 g/mol. The maximum atomic E-state index is 11.7. The van der Waals surface area contributed by atoms with Crippen LogP contribution < -0.4 is 10.6 Å². The highest BCUT2D eigenvalue weighted by Gasteiger charge is 2.18. The first kappa shape index (κ1) is 15.1. The molecule has 0 unspecified atom stereocenters. The van der Waals surface area contributed by atoms with Crippen LogP contribution in [0.25, 0.3) is 0 Å². The number of carbonyl (C=O) groups excluding carboxylic acids is 1. The zero-order chi connectivity index (χ0) is 13.6. The standard InChI is InChI=1S/C13H23N3OS/c1-5-14-6-7-15-11(17)8-10-9-18-12(16-10)13(2,3)4/h9,14H,5-8H2,1-4H3,(H,15,17). The van der Waals surface area contributed by atoms with Gasteiger partial charge in [-0.25, -0.2) is 4.98 Å². The van der Waals surface area contributed by atoms with Gasteiger partial charge in [-0.15, -0.1) is 11.3 Å². The second-order valence-electron chi connectivity index (χ2n) is 5.27. The SMILES string of the molecule is CCNCCNC(=O)Cc1csc(C(C)(C)C)n1. The molecule has 2 N–H and O–H groups in total. The number of nitrogens with one attached hydrogen (secondary N) is 2. The van der Waals surface area contributed by atoms with Gasteiger partial charge in [-0.1, -0.05) is 27.7 Å². The summed E-state index contributed by atoms with van der Waals surface area (Å²) in [7, 11) is 0. The molecule has 1 aromatic heterocycles. The minimum Gasteiger partial charge on any atom is -0.354 e. The molecule has 0 atom stereocenters. The molecular formula is C13H23N3OS. The molecule has 1 rings (SSSR count). The van der Waals surface area contributed by atoms with Crippen LogP contribution in [0.5, 0.6) is 0 Å². The minimum atomic E-state index is 0.0404. The molecule has 0 bridgehead atoms. The summed E-state index contributed by atoms with van der Waals surface area (Å²) in [6.07, 6.45) is 0.374. The van der Waals surface area contributed by atoms with Crippen LogP contribution in [0.1, 0.15) is 38.4 Å². The number of thiazole rings is 1. The van der Waals surface area contributed by atoms with Gasteiger partial charge in [0.2, 0.25) is 5.91 Å². The highest BCUT2D eigenvalue weighted by Crippen LogP contribution is 2.25. The Morgan fingerprint density at radius 3 is 2.67 bits per heavy atom. The molecule has 0 aromatic carbocycles. The summed E-state index contributed by atoms with van der Waals surface area (Å²) < 4.78 is 0. The maximum absolute atomic E-state index is 11.7. The Balaban J connectivity index is 2.38. The number of carbonyl (C=O) groups is 1. The lowest BCUT2D eigenvalue weighted by Gasteiger charge is -2.13. The first-order valence-electron chi connectivity index (χ1n) is 6.35. The second kappa shape index (κ2) is 6.85. The van der Waals surface area contributed by atoms with E-state index in [-0.39, 0.29) is 11.3 Å². The molecule has 4 nitrogen and oxygen atoms in total. The van der Waals surface area contributed by atoms with Gasteiger partial charge >= 0.3 is 0 Å². The van der Waals surface area contributed by atoms with E-state index >= 15 is 0 Å². The van der Waals surface area contributed by atoms with E-state index in [1.165, 1.54) is 0 Å². The van der Waals surface area contributed by atoms with E-state index in [1.54, 1.807) is 11.3 Å². The number of hydrogen-bond donors (Lipinski definition) is 2. The molecule has 18 heavy (non-hydrogen) atoms. The molecule has 0 aliphatic carbocycles. The predicted molar refractivity (Wildman–Crippen MR) is 76.1 cm³/mol. The van der Waals surface area contributed by atoms with Gasteiger partial charge in [0, 0.05) is 23.9 Å². The third-order valence-electron chi connectivity index (χ3n) is 2.41. The lowest BCUT2D eigenvalue weighted by atomic mass is 9.98. The van der Waals surface area contributed by atoms with Crippen LogP contribution in [0.3, 0.4) is 0 Å². The fourth-order valence-electron chi connectivity index (χ4n) is 1.43. The molecule has 0 spiro atoms. The van der Waals surface area contributed by atoms with Crippen LogP contribution in [0.15, 0.2) is 5.38 Å². The summed E-state index contributed by atoms with van der Waals surface area (Å²) in [5, 5.41) is 9.10. The van der Waals surface area contributed by atoms with Crippen molar-refractivity contribution in [3.8, 4) is 0 Å². The van der Waals surface area contributed by atoms with E-state index in [2.05, 4.69) is 36.4 Å². The predicted octanol–water partition coefficient (Wildman–Crippen LogP) is 1.71. The van der Waals surface area contributed by atoms with Gasteiger partial charge in [0.15, 0.2) is 0 Å². The first-order chi connectivity index (χ1) is 8.43. The fourth-order valence-corrected chi connectivity index (χ4v) is 2.33. The van der Waals surface area contributed by atoms with Crippen molar-refractivity contribution < 1.29 is 4.79 Å². The van der Waals surface area contributed by atoms with Crippen molar-refractivity contribution in [2.45, 2.75) is 39.5 Å². The minimum absolute atomic E-state index is 0.0404. The van der Waals surface area contributed by atoms with Gasteiger partial charge < -0.3 is 10.6 Å². The Morgan fingerprint density at radius 2 is 2.11 bits per heavy atom. The highest BCUT2D eigenvalue weighted by atomic mass is 32.1. The van der Waals surface area contributed by atoms with Crippen LogP contribution >= 0.6 is 11.3 Å². The van der Waals surface area contributed by atoms with E-state index in [1.807, 2.05) is 12.3 Å². The van der Waals surface area contributed by atoms with Gasteiger partial charge in [0.1, 0.15) is 0 Å². The Labute approximate surface area is 113 Å². The summed E-state index contributed by atoms with van der Waals surface area (Å²) in [5.41, 5.74) is 0.927. The van der Waals surface area contributed by atoms with E-state index in [0.717, 1.165) is 23.8 Å². The van der Waals surface area contributed by atoms with Crippen molar-refractivity contribution in [3.63, 3.8) is 0 Å². The third-order valence-corrected chi connectivity index (χ3v) is 3.73. The molecule has 5 heteroatoms. The Morgan fingerprint density at radius 1 is 1.39 bits per heavy atom. The first-order valence-corrected chi connectivity index (χ1v) is 7.23. The molecule has 1 heterocycles. The van der Waals surface area contributed by atoms with Crippen LogP contribution in [0.4, 0.5) is 0 Å². The molecule has 102 valence electrons. The van der Waals surface area contributed by atoms with Crippen LogP contribution in [-0.4, -0.2) is 30.5 Å². The van der Waals surface area contributed by atoms with Crippen LogP contribution in [0, 0.1) is 0 Å². The summed E-state index contributed by atoms with van der Waals surface area (Å²) >= 11 is 1.63. The zero-order valence-corrected chi connectivity index (χ0v) is 12.5. The van der Waals surface area contributed by atoms with Crippen molar-refractivity contribution in [3.05, 3.63) is 16.1 Å². The number of rotatable bonds is 6. The molecule has 0 saturated carbocycles. The summed E-state index contributed by atoms with van der Waals surface area (Å²) in [6, 6.07) is 0. The number of nitrogens with zero attached hydrogens (tertiary/aromatic N) is 1. The fraction of sp³-hybridized carbons (Fsp3) is 0.692. The topological polar surface area (TPSA) is 54.0 Å². The molecular weight excluding hydrogens is 246 g/mol. The van der Waals surface area contributed by atoms with Gasteiger partial charge in [-0.05, 0) is 6.54 Å². The summed E-state index contributed by atoms with van der Waals surface area (Å²) in [5.74, 6) is 0.0404. The van der Waals surface area contributed by atoms with Crippen molar-refractivity contribution in [1.29, 1.82) is 0 Å². The van der Waals surface area contributed by atoms with Crippen molar-refractivity contribution >= 4 is 17.2 Å². The summed E-state index contributed by atoms with van der Waals surface area (Å²) in [6.45, 7) is 10.8. The van der Waals surface area contributed by atoms with Gasteiger partial charge in [0.25, 0.3) is 0 Å². The van der Waals surface area contributed by atoms with Gasteiger partial charge in [0.05, 0.1) is 17.1 Å². The van der Waals surface area contributed by atoms with Crippen molar-refractivity contribution in [2.75, 3.05) is 19.6 Å². The largest absolute Gasteiger partial charge is 0.354 e. The Bertz CT molecular complexity index is 382. The van der Waals surface area contributed by atoms with E-state index in [9.17, 15) is 4.79 Å². The number of hydrogen-bond acceptors (Lipinski definition) is 4. The molecule has 0 aliphatic rings. The van der Waals surface area contributed by atoms with Crippen molar-refractivity contribution in [1.82, 2.24) is 15.6 Å². The molecule has 1 aromatic rings. The Hall–Kier alpha value is -0.940. The van der Waals surface area contributed by atoms with Crippen molar-refractivity contribution in [2.24, 2.45) is 0 Å². The van der Waals surface area contributed by atoms with E-state index < -0.39 is 0 Å². The molecule has 1 amide bonds. The number of amides is 1. The molecule has 0 fully saturated rings. The van der Waals surface area contributed by atoms with E-state index in [0.29, 0.717) is 13.0 Å². The van der Waals surface area contributed by atoms with Crippen LogP contribution in [0.2, 0.25) is 0 Å². The normalized spacial score (nSPS) is 11.6. The Kier molecular flexibility index (Phi) is 5.75. The lowest BCUT2D eigenvalue weighted by molar-refractivity contribution is -0.120. The maximum Gasteiger partial charge on any atom is 0.226 e. The van der Waals surface area contributed by atoms with Gasteiger partial charge in [-0.3, -0.25) is 4.79 Å². The quantitative estimate of drug-likeness (QED) is 0.773. The average Bonchev–Trinajstić information content (AvgIpc) is 2.72. The zero-order valence-electron chi connectivity index (χ0n) is 11.7. The molecule has 0 aliphatic heterocycles. The number of aromatic nitrogens is 1.